The molecule has 0 atom stereocenters. The number of nitrogens with zero attached hydrogens (tertiary/aromatic N) is 5. The quantitative estimate of drug-likeness (QED) is 0.412. The van der Waals surface area contributed by atoms with Crippen molar-refractivity contribution in [2.24, 2.45) is 0 Å². The monoisotopic (exact) mass is 359 g/mol. The predicted octanol–water partition coefficient (Wildman–Crippen LogP) is 1.66. The molecule has 3 heterocycles. The zero-order valence-corrected chi connectivity index (χ0v) is 14.3. The van der Waals surface area contributed by atoms with Gasteiger partial charge in [-0.25, -0.2) is 15.0 Å². The highest BCUT2D eigenvalue weighted by Gasteiger charge is 2.23. The van der Waals surface area contributed by atoms with Crippen molar-refractivity contribution in [3.63, 3.8) is 0 Å². The van der Waals surface area contributed by atoms with Gasteiger partial charge < -0.3 is 15.4 Å². The van der Waals surface area contributed by atoms with E-state index in [0.717, 1.165) is 39.3 Å². The number of nitro groups is 1. The summed E-state index contributed by atoms with van der Waals surface area (Å²) in [7, 11) is 0. The SMILES string of the molecule is O=[N+]([O-])c1c(NCCCN2CCOCC2)ncnc1Nc1ccccn1. The van der Waals surface area contributed by atoms with Gasteiger partial charge in [0.25, 0.3) is 0 Å². The van der Waals surface area contributed by atoms with Gasteiger partial charge in [-0.05, 0) is 25.1 Å². The van der Waals surface area contributed by atoms with Crippen LogP contribution in [0.2, 0.25) is 0 Å². The standard InChI is InChI=1S/C16H21N7O3/c24-23(25)14-15(18-6-3-7-22-8-10-26-11-9-22)19-12-20-16(14)21-13-4-1-2-5-17-13/h1-2,4-5,12H,3,6-11H2,(H2,17,18,19,20,21). The molecule has 10 nitrogen and oxygen atoms in total. The molecular weight excluding hydrogens is 338 g/mol. The Bertz CT molecular complexity index is 723. The fourth-order valence-corrected chi connectivity index (χ4v) is 2.66. The first-order valence-corrected chi connectivity index (χ1v) is 8.45. The van der Waals surface area contributed by atoms with Gasteiger partial charge in [0, 0.05) is 25.8 Å². The van der Waals surface area contributed by atoms with Crippen molar-refractivity contribution in [1.29, 1.82) is 0 Å². The summed E-state index contributed by atoms with van der Waals surface area (Å²) in [5.74, 6) is 0.789. The number of aromatic nitrogens is 3. The van der Waals surface area contributed by atoms with E-state index in [4.69, 9.17) is 4.74 Å². The molecule has 0 unspecified atom stereocenters. The van der Waals surface area contributed by atoms with Crippen molar-refractivity contribution in [2.45, 2.75) is 6.42 Å². The molecule has 0 amide bonds. The van der Waals surface area contributed by atoms with Crippen LogP contribution >= 0.6 is 0 Å². The largest absolute Gasteiger partial charge is 0.379 e. The van der Waals surface area contributed by atoms with Crippen LogP contribution in [-0.2, 0) is 4.74 Å². The fraction of sp³-hybridized carbons (Fsp3) is 0.438. The van der Waals surface area contributed by atoms with E-state index in [1.807, 2.05) is 0 Å². The third kappa shape index (κ3) is 4.83. The Kier molecular flexibility index (Phi) is 6.23. The summed E-state index contributed by atoms with van der Waals surface area (Å²) in [4.78, 5) is 25.5. The Labute approximate surface area is 150 Å². The highest BCUT2D eigenvalue weighted by Crippen LogP contribution is 2.30. The molecule has 3 rings (SSSR count). The molecule has 0 bridgehead atoms. The second kappa shape index (κ2) is 9.02. The minimum atomic E-state index is -0.490. The average molecular weight is 359 g/mol. The maximum absolute atomic E-state index is 11.5. The molecule has 26 heavy (non-hydrogen) atoms. The molecule has 0 aromatic carbocycles. The van der Waals surface area contributed by atoms with E-state index in [2.05, 4.69) is 30.5 Å². The Hall–Kier alpha value is -2.85. The molecule has 2 aromatic heterocycles. The van der Waals surface area contributed by atoms with Gasteiger partial charge in [-0.15, -0.1) is 0 Å². The molecular formula is C16H21N7O3. The van der Waals surface area contributed by atoms with Crippen LogP contribution in [0, 0.1) is 10.1 Å². The first-order chi connectivity index (χ1) is 12.7. The summed E-state index contributed by atoms with van der Waals surface area (Å²) in [5, 5.41) is 17.4. The van der Waals surface area contributed by atoms with Crippen LogP contribution < -0.4 is 10.6 Å². The maximum Gasteiger partial charge on any atom is 0.353 e. The summed E-state index contributed by atoms with van der Waals surface area (Å²) in [6.45, 7) is 4.85. The highest BCUT2D eigenvalue weighted by molar-refractivity contribution is 5.72. The maximum atomic E-state index is 11.5. The van der Waals surface area contributed by atoms with Crippen molar-refractivity contribution in [3.05, 3.63) is 40.8 Å². The van der Waals surface area contributed by atoms with Gasteiger partial charge in [0.15, 0.2) is 0 Å². The van der Waals surface area contributed by atoms with Gasteiger partial charge in [-0.2, -0.15) is 0 Å². The Morgan fingerprint density at radius 2 is 2.00 bits per heavy atom. The van der Waals surface area contributed by atoms with Crippen molar-refractivity contribution >= 4 is 23.1 Å². The van der Waals surface area contributed by atoms with E-state index in [1.54, 1.807) is 24.4 Å². The van der Waals surface area contributed by atoms with Crippen molar-refractivity contribution < 1.29 is 9.66 Å². The van der Waals surface area contributed by atoms with Crippen molar-refractivity contribution in [2.75, 3.05) is 50.0 Å². The molecule has 2 N–H and O–H groups in total. The smallest absolute Gasteiger partial charge is 0.353 e. The third-order valence-corrected chi connectivity index (χ3v) is 3.96. The lowest BCUT2D eigenvalue weighted by Gasteiger charge is -2.26. The number of nitrogens with one attached hydrogen (secondary N) is 2. The zero-order chi connectivity index (χ0) is 18.2. The van der Waals surface area contributed by atoms with Crippen LogP contribution in [0.1, 0.15) is 6.42 Å². The summed E-state index contributed by atoms with van der Waals surface area (Å²) < 4.78 is 5.32. The van der Waals surface area contributed by atoms with Crippen LogP contribution in [0.4, 0.5) is 23.1 Å². The van der Waals surface area contributed by atoms with E-state index < -0.39 is 4.92 Å². The van der Waals surface area contributed by atoms with Gasteiger partial charge >= 0.3 is 5.69 Å². The number of morpholine rings is 1. The van der Waals surface area contributed by atoms with Gasteiger partial charge in [-0.3, -0.25) is 15.0 Å². The molecule has 138 valence electrons. The van der Waals surface area contributed by atoms with E-state index in [-0.39, 0.29) is 17.3 Å². The minimum absolute atomic E-state index is 0.111. The molecule has 0 spiro atoms. The molecule has 2 aromatic rings. The van der Waals surface area contributed by atoms with Gasteiger partial charge in [0.2, 0.25) is 11.6 Å². The normalized spacial score (nSPS) is 14.8. The van der Waals surface area contributed by atoms with Gasteiger partial charge in [0.05, 0.1) is 18.1 Å². The number of hydrogen-bond donors (Lipinski definition) is 2. The molecule has 0 aliphatic carbocycles. The molecule has 10 heteroatoms. The minimum Gasteiger partial charge on any atom is -0.379 e. The van der Waals surface area contributed by atoms with Crippen molar-refractivity contribution in [3.8, 4) is 0 Å². The number of ether oxygens (including phenoxy) is 1. The molecule has 0 saturated carbocycles. The second-order valence-electron chi connectivity index (χ2n) is 5.75. The third-order valence-electron chi connectivity index (χ3n) is 3.96. The summed E-state index contributed by atoms with van der Waals surface area (Å²) in [6, 6.07) is 5.26. The molecule has 1 aliphatic heterocycles. The molecule has 1 saturated heterocycles. The zero-order valence-electron chi connectivity index (χ0n) is 14.3. The van der Waals surface area contributed by atoms with Crippen LogP contribution in [0.25, 0.3) is 0 Å². The fourth-order valence-electron chi connectivity index (χ4n) is 2.66. The van der Waals surface area contributed by atoms with Crippen LogP contribution in [0.3, 0.4) is 0 Å². The summed E-state index contributed by atoms with van der Waals surface area (Å²) in [5.41, 5.74) is -0.190. The Morgan fingerprint density at radius 3 is 2.73 bits per heavy atom. The topological polar surface area (TPSA) is 118 Å². The summed E-state index contributed by atoms with van der Waals surface area (Å²) in [6.07, 6.45) is 3.74. The van der Waals surface area contributed by atoms with E-state index >= 15 is 0 Å². The molecule has 1 aliphatic rings. The number of hydrogen-bond acceptors (Lipinski definition) is 9. The highest BCUT2D eigenvalue weighted by atomic mass is 16.6. The predicted molar refractivity (Wildman–Crippen MR) is 96.6 cm³/mol. The molecule has 0 radical (unpaired) electrons. The lowest BCUT2D eigenvalue weighted by atomic mass is 10.3. The number of rotatable bonds is 8. The van der Waals surface area contributed by atoms with Crippen molar-refractivity contribution in [1.82, 2.24) is 19.9 Å². The number of pyridine rings is 1. The average Bonchev–Trinajstić information content (AvgIpc) is 2.67. The van der Waals surface area contributed by atoms with Crippen LogP contribution in [0.15, 0.2) is 30.7 Å². The van der Waals surface area contributed by atoms with E-state index in [0.29, 0.717) is 12.4 Å². The molecule has 1 fully saturated rings. The van der Waals surface area contributed by atoms with Crippen LogP contribution in [-0.4, -0.2) is 64.2 Å². The first kappa shape index (κ1) is 18.0. The lowest BCUT2D eigenvalue weighted by Crippen LogP contribution is -2.37. The van der Waals surface area contributed by atoms with E-state index in [9.17, 15) is 10.1 Å². The number of anilines is 3. The first-order valence-electron chi connectivity index (χ1n) is 8.45. The summed E-state index contributed by atoms with van der Waals surface area (Å²) >= 11 is 0. The van der Waals surface area contributed by atoms with Gasteiger partial charge in [-0.1, -0.05) is 6.07 Å². The Morgan fingerprint density at radius 1 is 1.19 bits per heavy atom. The second-order valence-corrected chi connectivity index (χ2v) is 5.75. The van der Waals surface area contributed by atoms with Gasteiger partial charge in [0.1, 0.15) is 12.1 Å². The van der Waals surface area contributed by atoms with Crippen LogP contribution in [0.5, 0.6) is 0 Å². The Balaban J connectivity index is 1.62. The lowest BCUT2D eigenvalue weighted by molar-refractivity contribution is -0.383. The van der Waals surface area contributed by atoms with E-state index in [1.165, 1.54) is 6.33 Å².